The highest BCUT2D eigenvalue weighted by atomic mass is 16.7. The highest BCUT2D eigenvalue weighted by molar-refractivity contribution is 5.75. The number of hydrogen-bond donors (Lipinski definition) is 2. The Morgan fingerprint density at radius 2 is 1.45 bits per heavy atom. The van der Waals surface area contributed by atoms with Crippen molar-refractivity contribution in [3.8, 4) is 11.5 Å². The van der Waals surface area contributed by atoms with E-state index in [2.05, 4.69) is 0 Å². The molecule has 5 atom stereocenters. The minimum absolute atomic E-state index is 0.107. The van der Waals surface area contributed by atoms with E-state index in [1.54, 1.807) is 13.8 Å². The third kappa shape index (κ3) is 10.6. The van der Waals surface area contributed by atoms with Crippen molar-refractivity contribution in [1.82, 2.24) is 0 Å². The van der Waals surface area contributed by atoms with Crippen LogP contribution in [0, 0.1) is 11.8 Å². The van der Waals surface area contributed by atoms with E-state index in [9.17, 15) is 24.3 Å². The van der Waals surface area contributed by atoms with Gasteiger partial charge in [0, 0.05) is 18.3 Å². The van der Waals surface area contributed by atoms with Crippen molar-refractivity contribution in [3.05, 3.63) is 23.8 Å². The molecule has 0 saturated carbocycles. The average molecular weight is 540 g/mol. The fraction of sp³-hybridized carbons (Fsp3) is 0.630. The van der Waals surface area contributed by atoms with Crippen LogP contribution < -0.4 is 15.2 Å². The lowest BCUT2D eigenvalue weighted by Gasteiger charge is -2.32. The molecule has 0 aliphatic carbocycles. The van der Waals surface area contributed by atoms with Gasteiger partial charge in [-0.3, -0.25) is 9.59 Å². The fourth-order valence-corrected chi connectivity index (χ4v) is 3.58. The third-order valence-electron chi connectivity index (χ3n) is 6.10. The second kappa shape index (κ2) is 16.5. The molecule has 0 saturated heterocycles. The Bertz CT molecular complexity index is 934. The number of hydrogen-bond acceptors (Lipinski definition) is 10. The highest BCUT2D eigenvalue weighted by Crippen LogP contribution is 2.37. The van der Waals surface area contributed by atoms with Gasteiger partial charge in [-0.1, -0.05) is 47.1 Å². The molecule has 3 N–H and O–H groups in total. The summed E-state index contributed by atoms with van der Waals surface area (Å²) in [6.07, 6.45) is -0.524. The molecule has 0 aromatic heterocycles. The van der Waals surface area contributed by atoms with Gasteiger partial charge in [0.1, 0.15) is 12.1 Å². The Balaban J connectivity index is 3.37. The van der Waals surface area contributed by atoms with Crippen molar-refractivity contribution in [1.29, 1.82) is 0 Å². The molecule has 0 fully saturated rings. The first kappa shape index (κ1) is 32.7. The van der Waals surface area contributed by atoms with Crippen LogP contribution in [-0.2, 0) is 23.8 Å². The zero-order valence-electron chi connectivity index (χ0n) is 23.1. The zero-order valence-corrected chi connectivity index (χ0v) is 23.1. The van der Waals surface area contributed by atoms with Crippen molar-refractivity contribution in [2.75, 3.05) is 13.2 Å². The summed E-state index contributed by atoms with van der Waals surface area (Å²) >= 11 is 0. The number of carboxylic acids is 1. The van der Waals surface area contributed by atoms with E-state index in [-0.39, 0.29) is 37.1 Å². The summed E-state index contributed by atoms with van der Waals surface area (Å²) in [6.45, 7) is 11.2. The molecule has 11 heteroatoms. The summed E-state index contributed by atoms with van der Waals surface area (Å²) in [5, 5.41) is 9.72. The van der Waals surface area contributed by atoms with Gasteiger partial charge in [-0.15, -0.1) is 0 Å². The van der Waals surface area contributed by atoms with Crippen LogP contribution in [0.4, 0.5) is 9.59 Å². The Kier molecular flexibility index (Phi) is 14.2. The third-order valence-corrected chi connectivity index (χ3v) is 6.10. The summed E-state index contributed by atoms with van der Waals surface area (Å²) in [5.74, 6) is -3.26. The largest absolute Gasteiger partial charge is 0.513 e. The monoisotopic (exact) mass is 539 g/mol. The van der Waals surface area contributed by atoms with Gasteiger partial charge in [-0.2, -0.15) is 0 Å². The molecule has 0 radical (unpaired) electrons. The molecule has 0 bridgehead atoms. The molecule has 0 heterocycles. The van der Waals surface area contributed by atoms with Crippen LogP contribution in [0.5, 0.6) is 11.5 Å². The molecule has 11 nitrogen and oxygen atoms in total. The first-order chi connectivity index (χ1) is 17.9. The number of ether oxygens (including phenoxy) is 5. The molecule has 0 amide bonds. The van der Waals surface area contributed by atoms with Gasteiger partial charge in [0.2, 0.25) is 0 Å². The Morgan fingerprint density at radius 3 is 1.95 bits per heavy atom. The number of carbonyl (C=O) groups excluding carboxylic acids is 3. The standard InChI is InChI=1S/C27H41NO10/c1-7-12-34-26(32)37-20-11-10-19(15-21(20)38-27(33)35-13-8-2)23(24(28)25(30)31)17(5)18(6)36-22(29)14-16(4)9-3/h10-11,15-18,23-24H,7-9,12-14,28H2,1-6H3,(H,30,31)/t16?,17?,18?,23?,24-/m0/s1. The van der Waals surface area contributed by atoms with Gasteiger partial charge in [-0.25, -0.2) is 9.59 Å². The van der Waals surface area contributed by atoms with Crippen LogP contribution in [0.2, 0.25) is 0 Å². The topological polar surface area (TPSA) is 161 Å². The normalized spacial score (nSPS) is 14.8. The number of carboxylic acid groups (broad SMARTS) is 1. The second-order valence-corrected chi connectivity index (χ2v) is 9.27. The number of carbonyl (C=O) groups is 4. The first-order valence-electron chi connectivity index (χ1n) is 13.0. The fourth-order valence-electron chi connectivity index (χ4n) is 3.58. The maximum Gasteiger partial charge on any atom is 0.513 e. The minimum Gasteiger partial charge on any atom is -0.480 e. The lowest BCUT2D eigenvalue weighted by Crippen LogP contribution is -2.42. The molecule has 4 unspecified atom stereocenters. The Labute approximate surface area is 223 Å². The lowest BCUT2D eigenvalue weighted by atomic mass is 9.79. The van der Waals surface area contributed by atoms with Crippen LogP contribution in [0.25, 0.3) is 0 Å². The maximum atomic E-state index is 12.4. The predicted molar refractivity (Wildman–Crippen MR) is 138 cm³/mol. The van der Waals surface area contributed by atoms with E-state index < -0.39 is 48.2 Å². The molecule has 38 heavy (non-hydrogen) atoms. The van der Waals surface area contributed by atoms with E-state index in [4.69, 9.17) is 29.4 Å². The minimum atomic E-state index is -1.39. The molecule has 0 aliphatic rings. The van der Waals surface area contributed by atoms with Crippen LogP contribution >= 0.6 is 0 Å². The van der Waals surface area contributed by atoms with Gasteiger partial charge in [0.05, 0.1) is 13.2 Å². The zero-order chi connectivity index (χ0) is 28.8. The number of benzene rings is 1. The maximum absolute atomic E-state index is 12.4. The molecule has 1 aromatic rings. The van der Waals surface area contributed by atoms with E-state index >= 15 is 0 Å². The SMILES string of the molecule is CCCOC(=O)Oc1ccc(C(C(C)C(C)OC(=O)CC(C)CC)[C@H](N)C(=O)O)cc1OC(=O)OCCC. The van der Waals surface area contributed by atoms with E-state index in [1.165, 1.54) is 18.2 Å². The van der Waals surface area contributed by atoms with Crippen LogP contribution in [0.3, 0.4) is 0 Å². The first-order valence-corrected chi connectivity index (χ1v) is 13.0. The number of nitrogens with two attached hydrogens (primary N) is 1. The van der Waals surface area contributed by atoms with Crippen molar-refractivity contribution in [3.63, 3.8) is 0 Å². The molecule has 214 valence electrons. The molecule has 1 aromatic carbocycles. The Hall–Kier alpha value is -3.34. The van der Waals surface area contributed by atoms with Crippen molar-refractivity contribution >= 4 is 24.2 Å². The van der Waals surface area contributed by atoms with Crippen LogP contribution in [0.15, 0.2) is 18.2 Å². The molecular formula is C27H41NO10. The van der Waals surface area contributed by atoms with Gasteiger partial charge >= 0.3 is 24.2 Å². The van der Waals surface area contributed by atoms with Gasteiger partial charge in [0.15, 0.2) is 11.5 Å². The van der Waals surface area contributed by atoms with Crippen molar-refractivity contribution < 1.29 is 48.0 Å². The summed E-state index contributed by atoms with van der Waals surface area (Å²) in [5.41, 5.74) is 6.44. The summed E-state index contributed by atoms with van der Waals surface area (Å²) in [4.78, 5) is 48.5. The van der Waals surface area contributed by atoms with Gasteiger partial charge in [-0.05, 0) is 43.4 Å². The van der Waals surface area contributed by atoms with Crippen molar-refractivity contribution in [2.24, 2.45) is 17.6 Å². The molecule has 1 rings (SSSR count). The molecular weight excluding hydrogens is 498 g/mol. The smallest absolute Gasteiger partial charge is 0.480 e. The quantitative estimate of drug-likeness (QED) is 0.174. The van der Waals surface area contributed by atoms with Gasteiger partial charge < -0.3 is 34.5 Å². The number of rotatable bonds is 15. The second-order valence-electron chi connectivity index (χ2n) is 9.27. The number of esters is 1. The molecule has 0 aliphatic heterocycles. The van der Waals surface area contributed by atoms with Crippen LogP contribution in [-0.4, -0.2) is 54.7 Å². The van der Waals surface area contributed by atoms with E-state index in [0.29, 0.717) is 18.4 Å². The van der Waals surface area contributed by atoms with E-state index in [1.807, 2.05) is 27.7 Å². The summed E-state index contributed by atoms with van der Waals surface area (Å²) in [6, 6.07) is 2.82. The van der Waals surface area contributed by atoms with Gasteiger partial charge in [0.25, 0.3) is 0 Å². The average Bonchev–Trinajstić information content (AvgIpc) is 2.87. The number of aliphatic carboxylic acids is 1. The summed E-state index contributed by atoms with van der Waals surface area (Å²) < 4.78 is 26.0. The predicted octanol–water partition coefficient (Wildman–Crippen LogP) is 5.04. The van der Waals surface area contributed by atoms with Crippen molar-refractivity contribution in [2.45, 2.75) is 85.3 Å². The highest BCUT2D eigenvalue weighted by Gasteiger charge is 2.36. The lowest BCUT2D eigenvalue weighted by molar-refractivity contribution is -0.152. The summed E-state index contributed by atoms with van der Waals surface area (Å²) in [7, 11) is 0. The van der Waals surface area contributed by atoms with Crippen LogP contribution in [0.1, 0.15) is 78.7 Å². The van der Waals surface area contributed by atoms with E-state index in [0.717, 1.165) is 6.42 Å². The molecule has 0 spiro atoms. The Morgan fingerprint density at radius 1 is 0.895 bits per heavy atom.